The van der Waals surface area contributed by atoms with Gasteiger partial charge in [-0.2, -0.15) is 0 Å². The van der Waals surface area contributed by atoms with Crippen LogP contribution in [-0.4, -0.2) is 12.1 Å². The molecule has 1 aromatic heterocycles. The van der Waals surface area contributed by atoms with Gasteiger partial charge < -0.3 is 4.74 Å². The molecule has 0 radical (unpaired) electrons. The highest BCUT2D eigenvalue weighted by molar-refractivity contribution is 6.16. The Balaban J connectivity index is 2.80. The third kappa shape index (κ3) is 1.61. The van der Waals surface area contributed by atoms with Gasteiger partial charge in [0.05, 0.1) is 24.9 Å². The number of rotatable bonds is 2. The van der Waals surface area contributed by atoms with Gasteiger partial charge in [-0.25, -0.2) is 0 Å². The van der Waals surface area contributed by atoms with Crippen LogP contribution in [0.4, 0.5) is 0 Å². The third-order valence-electron chi connectivity index (χ3n) is 1.17. The molecule has 1 heterocycles. The standard InChI is InChI=1S/C7H8ClNO/c1-10-7-3-2-6(4-8)9-5-7/h2-3,5H,4H2,1H3. The molecule has 3 heteroatoms. The maximum absolute atomic E-state index is 5.52. The first-order valence-corrected chi connectivity index (χ1v) is 3.45. The van der Waals surface area contributed by atoms with Crippen LogP contribution in [0, 0.1) is 0 Å². The summed E-state index contributed by atoms with van der Waals surface area (Å²) in [4.78, 5) is 4.01. The van der Waals surface area contributed by atoms with E-state index in [4.69, 9.17) is 16.3 Å². The third-order valence-corrected chi connectivity index (χ3v) is 1.44. The minimum atomic E-state index is 0.448. The summed E-state index contributed by atoms with van der Waals surface area (Å²) < 4.78 is 4.91. The second-order valence-electron chi connectivity index (χ2n) is 1.82. The Morgan fingerprint density at radius 2 is 2.40 bits per heavy atom. The van der Waals surface area contributed by atoms with Crippen LogP contribution >= 0.6 is 11.6 Å². The lowest BCUT2D eigenvalue weighted by Crippen LogP contribution is -1.86. The van der Waals surface area contributed by atoms with Gasteiger partial charge in [-0.15, -0.1) is 11.6 Å². The maximum Gasteiger partial charge on any atom is 0.137 e. The van der Waals surface area contributed by atoms with Crippen LogP contribution in [0.3, 0.4) is 0 Å². The Morgan fingerprint density at radius 3 is 2.80 bits per heavy atom. The van der Waals surface area contributed by atoms with Crippen LogP contribution < -0.4 is 4.74 Å². The molecule has 0 saturated carbocycles. The fourth-order valence-electron chi connectivity index (χ4n) is 0.611. The van der Waals surface area contributed by atoms with E-state index in [2.05, 4.69) is 4.98 Å². The summed E-state index contributed by atoms with van der Waals surface area (Å²) in [5.74, 6) is 1.21. The highest BCUT2D eigenvalue weighted by atomic mass is 35.5. The summed E-state index contributed by atoms with van der Waals surface area (Å²) in [6, 6.07) is 3.68. The van der Waals surface area contributed by atoms with Gasteiger partial charge >= 0.3 is 0 Å². The molecule has 1 aromatic rings. The van der Waals surface area contributed by atoms with Gasteiger partial charge in [-0.3, -0.25) is 4.98 Å². The van der Waals surface area contributed by atoms with Crippen LogP contribution in [0.2, 0.25) is 0 Å². The quantitative estimate of drug-likeness (QED) is 0.611. The molecule has 0 saturated heterocycles. The van der Waals surface area contributed by atoms with E-state index >= 15 is 0 Å². The molecule has 0 aromatic carbocycles. The molecule has 1 rings (SSSR count). The lowest BCUT2D eigenvalue weighted by atomic mass is 10.4. The molecule has 0 aliphatic heterocycles. The fourth-order valence-corrected chi connectivity index (χ4v) is 0.769. The van der Waals surface area contributed by atoms with E-state index < -0.39 is 0 Å². The summed E-state index contributed by atoms with van der Waals surface area (Å²) in [6.45, 7) is 0. The van der Waals surface area contributed by atoms with Crippen LogP contribution in [0.15, 0.2) is 18.3 Å². The molecular weight excluding hydrogens is 150 g/mol. The first-order valence-electron chi connectivity index (χ1n) is 2.91. The average Bonchev–Trinajstić information content (AvgIpc) is 2.05. The predicted molar refractivity (Wildman–Crippen MR) is 40.3 cm³/mol. The van der Waals surface area contributed by atoms with Crippen LogP contribution in [-0.2, 0) is 5.88 Å². The molecular formula is C7H8ClNO. The van der Waals surface area contributed by atoms with Gasteiger partial charge in [0, 0.05) is 0 Å². The number of ether oxygens (including phenoxy) is 1. The maximum atomic E-state index is 5.52. The number of aromatic nitrogens is 1. The van der Waals surface area contributed by atoms with Crippen molar-refractivity contribution >= 4 is 11.6 Å². The Labute approximate surface area is 64.8 Å². The molecule has 0 bridgehead atoms. The Bertz CT molecular complexity index is 174. The molecule has 2 nitrogen and oxygen atoms in total. The minimum Gasteiger partial charge on any atom is -0.495 e. The van der Waals surface area contributed by atoms with E-state index in [1.807, 2.05) is 12.1 Å². The minimum absolute atomic E-state index is 0.448. The highest BCUT2D eigenvalue weighted by Gasteiger charge is 1.91. The molecule has 0 spiro atoms. The zero-order chi connectivity index (χ0) is 7.40. The van der Waals surface area contributed by atoms with E-state index in [0.717, 1.165) is 11.4 Å². The topological polar surface area (TPSA) is 22.1 Å². The summed E-state index contributed by atoms with van der Waals surface area (Å²) in [5, 5.41) is 0. The predicted octanol–water partition coefficient (Wildman–Crippen LogP) is 1.83. The summed E-state index contributed by atoms with van der Waals surface area (Å²) >= 11 is 5.52. The molecule has 0 N–H and O–H groups in total. The number of methoxy groups -OCH3 is 1. The van der Waals surface area contributed by atoms with E-state index in [0.29, 0.717) is 5.88 Å². The first-order chi connectivity index (χ1) is 4.86. The highest BCUT2D eigenvalue weighted by Crippen LogP contribution is 2.08. The smallest absolute Gasteiger partial charge is 0.137 e. The number of alkyl halides is 1. The zero-order valence-corrected chi connectivity index (χ0v) is 6.43. The largest absolute Gasteiger partial charge is 0.495 e. The van der Waals surface area contributed by atoms with Gasteiger partial charge in [0.2, 0.25) is 0 Å². The zero-order valence-electron chi connectivity index (χ0n) is 5.67. The molecule has 0 amide bonds. The SMILES string of the molecule is COc1ccc(CCl)nc1. The van der Waals surface area contributed by atoms with Crippen LogP contribution in [0.25, 0.3) is 0 Å². The van der Waals surface area contributed by atoms with Crippen molar-refractivity contribution < 1.29 is 4.74 Å². The Morgan fingerprint density at radius 1 is 1.60 bits per heavy atom. The lowest BCUT2D eigenvalue weighted by Gasteiger charge is -1.97. The number of pyridine rings is 1. The number of hydrogen-bond donors (Lipinski definition) is 0. The van der Waals surface area contributed by atoms with Crippen molar-refractivity contribution in [2.45, 2.75) is 5.88 Å². The van der Waals surface area contributed by atoms with Gasteiger partial charge in [0.25, 0.3) is 0 Å². The van der Waals surface area contributed by atoms with Crippen molar-refractivity contribution in [2.75, 3.05) is 7.11 Å². The molecule has 10 heavy (non-hydrogen) atoms. The van der Waals surface area contributed by atoms with Crippen LogP contribution in [0.5, 0.6) is 5.75 Å². The second kappa shape index (κ2) is 3.42. The molecule has 54 valence electrons. The normalized spacial score (nSPS) is 9.40. The number of nitrogens with zero attached hydrogens (tertiary/aromatic N) is 1. The Kier molecular flexibility index (Phi) is 2.51. The monoisotopic (exact) mass is 157 g/mol. The van der Waals surface area contributed by atoms with E-state index in [1.54, 1.807) is 13.3 Å². The summed E-state index contributed by atoms with van der Waals surface area (Å²) in [7, 11) is 1.61. The van der Waals surface area contributed by atoms with Crippen molar-refractivity contribution in [3.8, 4) is 5.75 Å². The van der Waals surface area contributed by atoms with Gasteiger partial charge in [-0.1, -0.05) is 0 Å². The van der Waals surface area contributed by atoms with Crippen molar-refractivity contribution in [3.63, 3.8) is 0 Å². The van der Waals surface area contributed by atoms with Crippen molar-refractivity contribution in [2.24, 2.45) is 0 Å². The van der Waals surface area contributed by atoms with E-state index in [9.17, 15) is 0 Å². The van der Waals surface area contributed by atoms with Crippen LogP contribution in [0.1, 0.15) is 5.69 Å². The second-order valence-corrected chi connectivity index (χ2v) is 2.09. The lowest BCUT2D eigenvalue weighted by molar-refractivity contribution is 0.412. The van der Waals surface area contributed by atoms with Crippen molar-refractivity contribution in [1.29, 1.82) is 0 Å². The number of halogens is 1. The molecule has 0 fully saturated rings. The Hall–Kier alpha value is -0.760. The fraction of sp³-hybridized carbons (Fsp3) is 0.286. The van der Waals surface area contributed by atoms with E-state index in [1.165, 1.54) is 0 Å². The number of hydrogen-bond acceptors (Lipinski definition) is 2. The molecule has 0 unspecified atom stereocenters. The molecule has 0 atom stereocenters. The van der Waals surface area contributed by atoms with Gasteiger partial charge in [0.15, 0.2) is 0 Å². The van der Waals surface area contributed by atoms with E-state index in [-0.39, 0.29) is 0 Å². The molecule has 0 aliphatic rings. The van der Waals surface area contributed by atoms with Gasteiger partial charge in [0.1, 0.15) is 5.75 Å². The summed E-state index contributed by atoms with van der Waals surface area (Å²) in [5.41, 5.74) is 0.863. The average molecular weight is 158 g/mol. The first kappa shape index (κ1) is 7.35. The summed E-state index contributed by atoms with van der Waals surface area (Å²) in [6.07, 6.45) is 1.65. The van der Waals surface area contributed by atoms with Crippen molar-refractivity contribution in [3.05, 3.63) is 24.0 Å². The van der Waals surface area contributed by atoms with Gasteiger partial charge in [-0.05, 0) is 12.1 Å². The van der Waals surface area contributed by atoms with Crippen molar-refractivity contribution in [1.82, 2.24) is 4.98 Å². The molecule has 0 aliphatic carbocycles.